The summed E-state index contributed by atoms with van der Waals surface area (Å²) in [5.41, 5.74) is 0. The number of terminal acetylenes is 1. The quantitative estimate of drug-likeness (QED) is 0.454. The largest absolute Gasteiger partial charge is 0.469 e. The smallest absolute Gasteiger partial charge is 0.308 e. The fourth-order valence-electron chi connectivity index (χ4n) is 0.913. The van der Waals surface area contributed by atoms with Gasteiger partial charge in [-0.1, -0.05) is 6.92 Å². The molecule has 0 heterocycles. The number of methoxy groups -OCH3 is 1. The highest BCUT2D eigenvalue weighted by Crippen LogP contribution is 2.11. The van der Waals surface area contributed by atoms with Gasteiger partial charge in [0.1, 0.15) is 0 Å². The Balaban J connectivity index is 3.77. The molecule has 2 heteroatoms. The maximum atomic E-state index is 11.0. The van der Waals surface area contributed by atoms with Crippen LogP contribution in [0.1, 0.15) is 26.2 Å². The van der Waals surface area contributed by atoms with Gasteiger partial charge in [0.2, 0.25) is 0 Å². The van der Waals surface area contributed by atoms with Gasteiger partial charge < -0.3 is 4.74 Å². The molecule has 1 unspecified atom stereocenters. The Labute approximate surface area is 67.9 Å². The lowest BCUT2D eigenvalue weighted by molar-refractivity contribution is -0.145. The summed E-state index contributed by atoms with van der Waals surface area (Å²) >= 11 is 0. The van der Waals surface area contributed by atoms with Crippen molar-refractivity contribution in [3.05, 3.63) is 0 Å². The van der Waals surface area contributed by atoms with Crippen LogP contribution >= 0.6 is 0 Å². The molecule has 0 rings (SSSR count). The molecule has 1 atom stereocenters. The van der Waals surface area contributed by atoms with Crippen LogP contribution in [0.5, 0.6) is 0 Å². The van der Waals surface area contributed by atoms with Crippen LogP contribution in [-0.4, -0.2) is 13.1 Å². The molecular weight excluding hydrogens is 140 g/mol. The predicted molar refractivity (Wildman–Crippen MR) is 43.9 cm³/mol. The summed E-state index contributed by atoms with van der Waals surface area (Å²) in [5, 5.41) is 0. The molecule has 0 saturated heterocycles. The highest BCUT2D eigenvalue weighted by molar-refractivity contribution is 5.72. The molecular formula is C9H14O2. The van der Waals surface area contributed by atoms with Crippen molar-refractivity contribution < 1.29 is 9.53 Å². The van der Waals surface area contributed by atoms with Gasteiger partial charge in [0.25, 0.3) is 0 Å². The second kappa shape index (κ2) is 5.79. The summed E-state index contributed by atoms with van der Waals surface area (Å²) in [7, 11) is 1.40. The molecule has 0 aliphatic rings. The zero-order valence-electron chi connectivity index (χ0n) is 7.09. The highest BCUT2D eigenvalue weighted by atomic mass is 16.5. The first-order valence-electron chi connectivity index (χ1n) is 3.77. The molecule has 0 spiro atoms. The van der Waals surface area contributed by atoms with Crippen molar-refractivity contribution in [2.24, 2.45) is 5.92 Å². The molecule has 0 saturated carbocycles. The lowest BCUT2D eigenvalue weighted by Crippen LogP contribution is -2.14. The van der Waals surface area contributed by atoms with E-state index in [4.69, 9.17) is 6.42 Å². The van der Waals surface area contributed by atoms with Crippen molar-refractivity contribution >= 4 is 5.97 Å². The minimum absolute atomic E-state index is 0.0175. The summed E-state index contributed by atoms with van der Waals surface area (Å²) < 4.78 is 4.59. The van der Waals surface area contributed by atoms with Crippen LogP contribution in [0.2, 0.25) is 0 Å². The van der Waals surface area contributed by atoms with Gasteiger partial charge in [-0.2, -0.15) is 0 Å². The molecule has 0 bridgehead atoms. The van der Waals surface area contributed by atoms with Gasteiger partial charge in [-0.05, 0) is 12.8 Å². The van der Waals surface area contributed by atoms with Crippen molar-refractivity contribution in [1.29, 1.82) is 0 Å². The van der Waals surface area contributed by atoms with Crippen molar-refractivity contribution in [3.8, 4) is 12.3 Å². The van der Waals surface area contributed by atoms with Gasteiger partial charge in [0, 0.05) is 6.42 Å². The molecule has 62 valence electrons. The minimum Gasteiger partial charge on any atom is -0.469 e. The van der Waals surface area contributed by atoms with Gasteiger partial charge in [0.15, 0.2) is 0 Å². The van der Waals surface area contributed by atoms with Crippen LogP contribution in [0.15, 0.2) is 0 Å². The van der Waals surface area contributed by atoms with Crippen LogP contribution in [0, 0.1) is 18.3 Å². The van der Waals surface area contributed by atoms with E-state index in [0.29, 0.717) is 6.42 Å². The lowest BCUT2D eigenvalue weighted by Gasteiger charge is -2.09. The van der Waals surface area contributed by atoms with E-state index in [1.165, 1.54) is 7.11 Å². The van der Waals surface area contributed by atoms with Crippen LogP contribution in [0.3, 0.4) is 0 Å². The van der Waals surface area contributed by atoms with Crippen LogP contribution in [-0.2, 0) is 9.53 Å². The van der Waals surface area contributed by atoms with Gasteiger partial charge in [0.05, 0.1) is 13.0 Å². The summed E-state index contributed by atoms with van der Waals surface area (Å²) in [4.78, 5) is 11.0. The van der Waals surface area contributed by atoms with E-state index in [1.54, 1.807) is 0 Å². The third-order valence-electron chi connectivity index (χ3n) is 1.66. The minimum atomic E-state index is -0.150. The average molecular weight is 154 g/mol. The maximum Gasteiger partial charge on any atom is 0.308 e. The van der Waals surface area contributed by atoms with E-state index >= 15 is 0 Å². The number of esters is 1. The van der Waals surface area contributed by atoms with Gasteiger partial charge in [-0.25, -0.2) is 0 Å². The fourth-order valence-corrected chi connectivity index (χ4v) is 0.913. The predicted octanol–water partition coefficient (Wildman–Crippen LogP) is 1.60. The summed E-state index contributed by atoms with van der Waals surface area (Å²) in [6.45, 7) is 1.96. The number of carbonyl (C=O) groups is 1. The Morgan fingerprint density at radius 1 is 1.73 bits per heavy atom. The molecule has 0 aliphatic heterocycles. The van der Waals surface area contributed by atoms with Gasteiger partial charge in [-0.3, -0.25) is 4.79 Å². The van der Waals surface area contributed by atoms with E-state index in [9.17, 15) is 4.79 Å². The van der Waals surface area contributed by atoms with Crippen molar-refractivity contribution in [3.63, 3.8) is 0 Å². The van der Waals surface area contributed by atoms with Crippen molar-refractivity contribution in [2.45, 2.75) is 26.2 Å². The van der Waals surface area contributed by atoms with E-state index in [0.717, 1.165) is 12.8 Å². The normalized spacial score (nSPS) is 11.7. The number of hydrogen-bond acceptors (Lipinski definition) is 2. The molecule has 2 nitrogen and oxygen atoms in total. The van der Waals surface area contributed by atoms with E-state index in [2.05, 4.69) is 10.7 Å². The topological polar surface area (TPSA) is 26.3 Å². The first-order chi connectivity index (χ1) is 5.26. The SMILES string of the molecule is C#CCCC(CC)C(=O)OC. The molecule has 11 heavy (non-hydrogen) atoms. The zero-order chi connectivity index (χ0) is 8.69. The molecule has 0 fully saturated rings. The third-order valence-corrected chi connectivity index (χ3v) is 1.66. The van der Waals surface area contributed by atoms with E-state index < -0.39 is 0 Å². The monoisotopic (exact) mass is 154 g/mol. The lowest BCUT2D eigenvalue weighted by atomic mass is 10.0. The first-order valence-corrected chi connectivity index (χ1v) is 3.77. The third kappa shape index (κ3) is 3.67. The standard InChI is InChI=1S/C9H14O2/c1-4-6-7-8(5-2)9(10)11-3/h1,8H,5-7H2,2-3H3. The Kier molecular flexibility index (Phi) is 5.28. The second-order valence-corrected chi connectivity index (χ2v) is 2.37. The number of carbonyl (C=O) groups excluding carboxylic acids is 1. The van der Waals surface area contributed by atoms with Crippen molar-refractivity contribution in [2.75, 3.05) is 7.11 Å². The molecule has 0 aliphatic carbocycles. The molecule has 0 aromatic heterocycles. The Bertz CT molecular complexity index is 155. The number of ether oxygens (including phenoxy) is 1. The van der Waals surface area contributed by atoms with E-state index in [1.807, 2.05) is 6.92 Å². The van der Waals surface area contributed by atoms with Crippen molar-refractivity contribution in [1.82, 2.24) is 0 Å². The Morgan fingerprint density at radius 2 is 2.36 bits per heavy atom. The fraction of sp³-hybridized carbons (Fsp3) is 0.667. The maximum absolute atomic E-state index is 11.0. The summed E-state index contributed by atoms with van der Waals surface area (Å²) in [6, 6.07) is 0. The molecule has 0 amide bonds. The average Bonchev–Trinajstić information content (AvgIpc) is 2.05. The Hall–Kier alpha value is -0.970. The second-order valence-electron chi connectivity index (χ2n) is 2.37. The van der Waals surface area contributed by atoms with Crippen LogP contribution in [0.4, 0.5) is 0 Å². The first kappa shape index (κ1) is 10.0. The van der Waals surface area contributed by atoms with Gasteiger partial charge >= 0.3 is 5.97 Å². The van der Waals surface area contributed by atoms with Crippen LogP contribution < -0.4 is 0 Å². The van der Waals surface area contributed by atoms with Crippen LogP contribution in [0.25, 0.3) is 0 Å². The highest BCUT2D eigenvalue weighted by Gasteiger charge is 2.15. The molecule has 0 N–H and O–H groups in total. The molecule has 0 aromatic rings. The zero-order valence-corrected chi connectivity index (χ0v) is 7.09. The molecule has 0 radical (unpaired) electrons. The summed E-state index contributed by atoms with van der Waals surface area (Å²) in [6.07, 6.45) is 7.25. The number of rotatable bonds is 4. The molecule has 0 aromatic carbocycles. The summed E-state index contributed by atoms with van der Waals surface area (Å²) in [5.74, 6) is 2.34. The number of hydrogen-bond donors (Lipinski definition) is 0. The Morgan fingerprint density at radius 3 is 2.73 bits per heavy atom. The van der Waals surface area contributed by atoms with Gasteiger partial charge in [-0.15, -0.1) is 12.3 Å². The van der Waals surface area contributed by atoms with E-state index in [-0.39, 0.29) is 11.9 Å².